The van der Waals surface area contributed by atoms with Gasteiger partial charge in [0.15, 0.2) is 5.75 Å². The number of hydrogen-bond donors (Lipinski definition) is 2. The van der Waals surface area contributed by atoms with Gasteiger partial charge in [0, 0.05) is 16.6 Å². The number of nitrogens with zero attached hydrogens (tertiary/aromatic N) is 4. The van der Waals surface area contributed by atoms with Crippen molar-refractivity contribution in [2.45, 2.75) is 23.6 Å². The number of fused-ring (bicyclic) bond motifs is 1. The van der Waals surface area contributed by atoms with Crippen LogP contribution in [0.4, 0.5) is 28.4 Å². The monoisotopic (exact) mass is 703 g/mol. The third-order valence-electron chi connectivity index (χ3n) is 6.78. The number of anilines is 1. The van der Waals surface area contributed by atoms with Crippen molar-refractivity contribution >= 4 is 65.4 Å². The van der Waals surface area contributed by atoms with Crippen LogP contribution >= 0.6 is 0 Å². The van der Waals surface area contributed by atoms with Gasteiger partial charge in [0.25, 0.3) is 5.91 Å². The second-order valence-corrected chi connectivity index (χ2v) is 12.8. The number of benzene rings is 5. The molecule has 5 rings (SSSR count). The van der Waals surface area contributed by atoms with E-state index >= 15 is 0 Å². The van der Waals surface area contributed by atoms with Crippen LogP contribution in [0.3, 0.4) is 0 Å². The van der Waals surface area contributed by atoms with Crippen molar-refractivity contribution in [3.8, 4) is 5.75 Å². The Bertz CT molecular complexity index is 2300. The predicted molar refractivity (Wildman–Crippen MR) is 167 cm³/mol. The Morgan fingerprint density at radius 3 is 1.92 bits per heavy atom. The zero-order valence-corrected chi connectivity index (χ0v) is 31.7. The molecule has 5 aromatic carbocycles. The van der Waals surface area contributed by atoms with Gasteiger partial charge in [-0.15, -0.1) is 5.11 Å². The first-order valence-corrected chi connectivity index (χ1v) is 16.1. The molecule has 5 aromatic rings. The molecule has 0 radical (unpaired) electrons. The molecule has 0 aliphatic heterocycles. The first-order valence-electron chi connectivity index (χ1n) is 13.3. The Labute approximate surface area is 320 Å². The standard InChI is InChI=1S/C31H25N5O8S2.2Na/c1-18-14-23(9-12-26(18)34-35-27-13-10-24(15-19(27)2)45(39,40)41)33-36-29-28(46(42,43)44)17-21-16-22(8-11-25(21)30(29)37)32-31(38)20-6-4-3-5-7-20;;/h3-17,37H,1-2H3,(H,32,38)(H,39,40,41)(H,42,43,44);;/q;2*+1/p-2. The fraction of sp³-hybridized carbons (Fsp3) is 0.0645. The molecule has 0 spiro atoms. The van der Waals surface area contributed by atoms with Crippen LogP contribution in [0.15, 0.2) is 121 Å². The summed E-state index contributed by atoms with van der Waals surface area (Å²) >= 11 is 0. The van der Waals surface area contributed by atoms with Crippen LogP contribution < -0.4 is 64.4 Å². The summed E-state index contributed by atoms with van der Waals surface area (Å²) in [7, 11) is -9.73. The number of phenols is 1. The van der Waals surface area contributed by atoms with Crippen molar-refractivity contribution in [3.05, 3.63) is 108 Å². The molecule has 0 unspecified atom stereocenters. The van der Waals surface area contributed by atoms with Gasteiger partial charge >= 0.3 is 59.1 Å². The van der Waals surface area contributed by atoms with Crippen molar-refractivity contribution in [3.63, 3.8) is 0 Å². The molecule has 0 heterocycles. The molecule has 0 fully saturated rings. The first-order chi connectivity index (χ1) is 21.7. The minimum Gasteiger partial charge on any atom is -0.744 e. The van der Waals surface area contributed by atoms with Crippen molar-refractivity contribution in [1.29, 1.82) is 0 Å². The molecule has 0 saturated carbocycles. The number of azo groups is 2. The van der Waals surface area contributed by atoms with Gasteiger partial charge in [-0.05, 0) is 103 Å². The molecule has 0 aromatic heterocycles. The average molecular weight is 704 g/mol. The summed E-state index contributed by atoms with van der Waals surface area (Å²) in [5.41, 5.74) is 2.17. The number of carbonyl (C=O) groups excluding carboxylic acids is 1. The van der Waals surface area contributed by atoms with Crippen molar-refractivity contribution in [1.82, 2.24) is 0 Å². The normalized spacial score (nSPS) is 11.8. The van der Waals surface area contributed by atoms with Gasteiger partial charge in [-0.25, -0.2) is 16.8 Å². The van der Waals surface area contributed by atoms with E-state index in [1.807, 2.05) is 0 Å². The van der Waals surface area contributed by atoms with E-state index in [0.717, 1.165) is 12.1 Å². The smallest absolute Gasteiger partial charge is 0.744 e. The van der Waals surface area contributed by atoms with Gasteiger partial charge in [-0.2, -0.15) is 15.3 Å². The average Bonchev–Trinajstić information content (AvgIpc) is 3.00. The molecule has 0 aliphatic rings. The maximum absolute atomic E-state index is 12.5. The van der Waals surface area contributed by atoms with Crippen molar-refractivity contribution in [2.75, 3.05) is 5.32 Å². The van der Waals surface area contributed by atoms with E-state index in [9.17, 15) is 35.8 Å². The van der Waals surface area contributed by atoms with Crippen LogP contribution in [-0.2, 0) is 20.2 Å². The van der Waals surface area contributed by atoms with Gasteiger partial charge in [-0.1, -0.05) is 18.2 Å². The van der Waals surface area contributed by atoms with Gasteiger partial charge in [0.05, 0.1) is 26.9 Å². The largest absolute Gasteiger partial charge is 1.00 e. The number of aromatic hydroxyl groups is 1. The Kier molecular flexibility index (Phi) is 13.0. The quantitative estimate of drug-likeness (QED) is 0.135. The molecule has 0 bridgehead atoms. The predicted octanol–water partition coefficient (Wildman–Crippen LogP) is 1.06. The minimum atomic E-state index is -5.12. The second kappa shape index (κ2) is 15.9. The van der Waals surface area contributed by atoms with E-state index in [-0.39, 0.29) is 80.5 Å². The molecule has 17 heteroatoms. The molecular weight excluding hydrogens is 680 g/mol. The maximum atomic E-state index is 12.5. The summed E-state index contributed by atoms with van der Waals surface area (Å²) in [6, 6.07) is 22.2. The number of amides is 1. The van der Waals surface area contributed by atoms with E-state index in [1.165, 1.54) is 36.4 Å². The Balaban J connectivity index is 0.00000312. The number of phenolic OH excluding ortho intramolecular Hbond substituents is 1. The third-order valence-corrected chi connectivity index (χ3v) is 8.46. The molecule has 2 N–H and O–H groups in total. The van der Waals surface area contributed by atoms with E-state index in [2.05, 4.69) is 25.8 Å². The number of hydrogen-bond acceptors (Lipinski definition) is 12. The van der Waals surface area contributed by atoms with Crippen molar-refractivity contribution < 1.29 is 95.0 Å². The summed E-state index contributed by atoms with van der Waals surface area (Å²) in [4.78, 5) is 11.4. The topological polar surface area (TPSA) is 213 Å². The summed E-state index contributed by atoms with van der Waals surface area (Å²) in [5, 5.41) is 30.2. The number of carbonyl (C=O) groups is 1. The molecule has 0 saturated heterocycles. The van der Waals surface area contributed by atoms with Gasteiger partial charge in [0.1, 0.15) is 25.9 Å². The van der Waals surface area contributed by atoms with Crippen LogP contribution in [0.1, 0.15) is 21.5 Å². The van der Waals surface area contributed by atoms with Gasteiger partial charge in [0.2, 0.25) is 0 Å². The van der Waals surface area contributed by atoms with Gasteiger partial charge < -0.3 is 19.5 Å². The van der Waals surface area contributed by atoms with Crippen LogP contribution in [0.5, 0.6) is 5.75 Å². The number of rotatable bonds is 8. The van der Waals surface area contributed by atoms with Gasteiger partial charge in [-0.3, -0.25) is 4.79 Å². The molecule has 0 atom stereocenters. The minimum absolute atomic E-state index is 0. The zero-order chi connectivity index (χ0) is 33.2. The molecule has 1 amide bonds. The number of aryl methyl sites for hydroxylation is 2. The summed E-state index contributed by atoms with van der Waals surface area (Å²) in [6.07, 6.45) is 0. The maximum Gasteiger partial charge on any atom is 1.00 e. The third kappa shape index (κ3) is 9.21. The molecule has 48 heavy (non-hydrogen) atoms. The Morgan fingerprint density at radius 1 is 0.708 bits per heavy atom. The SMILES string of the molecule is Cc1cc(N=Nc2c(S(=O)(=O)[O-])cc3cc(NC(=O)c4ccccc4)ccc3c2O)ccc1N=Nc1ccc(S(=O)(=O)[O-])cc1C.[Na+].[Na+]. The van der Waals surface area contributed by atoms with E-state index in [0.29, 0.717) is 33.8 Å². The van der Waals surface area contributed by atoms with Crippen LogP contribution in [-0.4, -0.2) is 37.0 Å². The van der Waals surface area contributed by atoms with E-state index in [4.69, 9.17) is 0 Å². The van der Waals surface area contributed by atoms with Crippen molar-refractivity contribution in [2.24, 2.45) is 20.5 Å². The molecule has 13 nitrogen and oxygen atoms in total. The summed E-state index contributed by atoms with van der Waals surface area (Å²) in [5.74, 6) is -0.999. The summed E-state index contributed by atoms with van der Waals surface area (Å²) < 4.78 is 70.2. The molecule has 234 valence electrons. The Hall–Kier alpha value is -3.35. The molecular formula is C31H23N5Na2O8S2. The van der Waals surface area contributed by atoms with Crippen LogP contribution in [0.2, 0.25) is 0 Å². The zero-order valence-electron chi connectivity index (χ0n) is 26.1. The molecule has 0 aliphatic carbocycles. The van der Waals surface area contributed by atoms with E-state index < -0.39 is 42.5 Å². The van der Waals surface area contributed by atoms with Crippen LogP contribution in [0, 0.1) is 13.8 Å². The number of nitrogens with one attached hydrogen (secondary N) is 1. The second-order valence-electron chi connectivity index (χ2n) is 10.1. The fourth-order valence-electron chi connectivity index (χ4n) is 4.43. The fourth-order valence-corrected chi connectivity index (χ4v) is 5.64. The Morgan fingerprint density at radius 2 is 1.33 bits per heavy atom. The van der Waals surface area contributed by atoms with Crippen LogP contribution in [0.25, 0.3) is 10.8 Å². The first kappa shape index (κ1) is 39.1. The van der Waals surface area contributed by atoms with E-state index in [1.54, 1.807) is 56.3 Å². The summed E-state index contributed by atoms with van der Waals surface area (Å²) in [6.45, 7) is 3.28.